The molecule has 0 fully saturated rings. The van der Waals surface area contributed by atoms with E-state index in [1.165, 1.54) is 0 Å². The van der Waals surface area contributed by atoms with Crippen molar-refractivity contribution in [3.63, 3.8) is 0 Å². The molecule has 0 amide bonds. The van der Waals surface area contributed by atoms with Crippen LogP contribution in [0.4, 0.5) is 5.69 Å². The number of hydrogen-bond acceptors (Lipinski definition) is 4. The van der Waals surface area contributed by atoms with E-state index in [4.69, 9.17) is 9.15 Å². The van der Waals surface area contributed by atoms with Crippen molar-refractivity contribution in [3.8, 4) is 28.2 Å². The summed E-state index contributed by atoms with van der Waals surface area (Å²) >= 11 is 0. The molecule has 0 saturated carbocycles. The molecule has 0 N–H and O–H groups in total. The molecule has 5 nitrogen and oxygen atoms in total. The highest BCUT2D eigenvalue weighted by molar-refractivity contribution is 6.04. The Morgan fingerprint density at radius 1 is 0.846 bits per heavy atom. The van der Waals surface area contributed by atoms with Gasteiger partial charge in [-0.2, -0.15) is 0 Å². The van der Waals surface area contributed by atoms with Crippen LogP contribution in [0.1, 0.15) is 66.7 Å². The monoisotopic (exact) mass is 527 g/mol. The number of fused-ring (bicyclic) bond motifs is 2. The molecule has 0 bridgehead atoms. The largest absolute Gasteiger partial charge is 0.456 e. The smallest absolute Gasteiger partial charge is 0.311 e. The van der Waals surface area contributed by atoms with Gasteiger partial charge >= 0.3 is 5.97 Å². The molecule has 1 aliphatic carbocycles. The molecule has 0 spiro atoms. The lowest BCUT2D eigenvalue weighted by molar-refractivity contribution is -0.134. The van der Waals surface area contributed by atoms with Gasteiger partial charge in [0.25, 0.3) is 0 Å². The third kappa shape index (κ3) is 6.35. The van der Waals surface area contributed by atoms with Crippen LogP contribution in [0.2, 0.25) is 0 Å². The first kappa shape index (κ1) is 28.4. The fourth-order valence-corrected chi connectivity index (χ4v) is 5.36. The summed E-state index contributed by atoms with van der Waals surface area (Å²) in [5.74, 6) is 1.23. The molecule has 4 rings (SSSR count). The lowest BCUT2D eigenvalue weighted by Crippen LogP contribution is -2.29. The number of rotatable bonds is 12. The van der Waals surface area contributed by atoms with Crippen LogP contribution >= 0.6 is 0 Å². The van der Waals surface area contributed by atoms with Crippen molar-refractivity contribution in [2.24, 2.45) is 0 Å². The van der Waals surface area contributed by atoms with E-state index in [0.717, 1.165) is 96.3 Å². The molecule has 2 aromatic carbocycles. The first-order chi connectivity index (χ1) is 19.0. The zero-order chi connectivity index (χ0) is 27.8. The summed E-state index contributed by atoms with van der Waals surface area (Å²) in [6.45, 7) is 14.5. The molecule has 1 heterocycles. The number of unbranched alkanes of at least 4 members (excludes halogenated alkanes) is 3. The minimum Gasteiger partial charge on any atom is -0.456 e. The second-order valence-electron chi connectivity index (χ2n) is 9.96. The molecule has 5 heteroatoms. The zero-order valence-electron chi connectivity index (χ0n) is 24.3. The summed E-state index contributed by atoms with van der Waals surface area (Å²) in [5, 5.41) is 2.13. The van der Waals surface area contributed by atoms with Gasteiger partial charge in [-0.05, 0) is 58.4 Å². The van der Waals surface area contributed by atoms with Gasteiger partial charge in [-0.1, -0.05) is 44.4 Å². The van der Waals surface area contributed by atoms with E-state index in [2.05, 4.69) is 80.5 Å². The maximum atomic E-state index is 12.8. The van der Waals surface area contributed by atoms with E-state index >= 15 is 0 Å². The van der Waals surface area contributed by atoms with Crippen LogP contribution in [0, 0.1) is 0 Å². The van der Waals surface area contributed by atoms with E-state index in [-0.39, 0.29) is 5.97 Å². The first-order valence-electron chi connectivity index (χ1n) is 14.7. The molecule has 0 aromatic heterocycles. The average molecular weight is 528 g/mol. The van der Waals surface area contributed by atoms with Gasteiger partial charge in [-0.3, -0.25) is 4.79 Å². The fourth-order valence-electron chi connectivity index (χ4n) is 5.36. The van der Waals surface area contributed by atoms with E-state index in [1.807, 2.05) is 24.3 Å². The Morgan fingerprint density at radius 3 is 2.33 bits per heavy atom. The summed E-state index contributed by atoms with van der Waals surface area (Å²) < 4.78 is 14.9. The van der Waals surface area contributed by atoms with Crippen molar-refractivity contribution in [2.75, 3.05) is 31.1 Å². The normalized spacial score (nSPS) is 11.2. The van der Waals surface area contributed by atoms with Crippen LogP contribution in [0.15, 0.2) is 65.1 Å². The summed E-state index contributed by atoms with van der Waals surface area (Å²) in [6.07, 6.45) is 4.61. The van der Waals surface area contributed by atoms with Crippen molar-refractivity contribution in [1.82, 2.24) is 4.58 Å². The highest BCUT2D eigenvalue weighted by atomic mass is 16.5. The van der Waals surface area contributed by atoms with Gasteiger partial charge in [0.1, 0.15) is 30.2 Å². The zero-order valence-corrected chi connectivity index (χ0v) is 24.3. The maximum Gasteiger partial charge on any atom is 0.311 e. The van der Waals surface area contributed by atoms with Crippen LogP contribution in [0.25, 0.3) is 33.4 Å². The number of ether oxygens (including phenoxy) is 1. The lowest BCUT2D eigenvalue weighted by Gasteiger charge is -2.22. The predicted molar refractivity (Wildman–Crippen MR) is 163 cm³/mol. The van der Waals surface area contributed by atoms with Crippen LogP contribution < -0.4 is 19.6 Å². The second-order valence-corrected chi connectivity index (χ2v) is 9.96. The van der Waals surface area contributed by atoms with Crippen LogP contribution in [0.5, 0.6) is 5.75 Å². The van der Waals surface area contributed by atoms with E-state index in [1.54, 1.807) is 0 Å². The highest BCUT2D eigenvalue weighted by Crippen LogP contribution is 2.44. The first-order valence-corrected chi connectivity index (χ1v) is 14.7. The number of para-hydroxylation sites is 1. The minimum absolute atomic E-state index is 0.180. The molecule has 0 atom stereocenters. The number of carbonyl (C=O) groups excluding carboxylic acids is 1. The Balaban J connectivity index is 1.91. The molecule has 1 aliphatic heterocycles. The van der Waals surface area contributed by atoms with Crippen LogP contribution in [-0.2, 0) is 4.79 Å². The molecule has 0 unspecified atom stereocenters. The Morgan fingerprint density at radius 2 is 1.62 bits per heavy atom. The van der Waals surface area contributed by atoms with Gasteiger partial charge in [0, 0.05) is 59.4 Å². The molecule has 39 heavy (non-hydrogen) atoms. The third-order valence-corrected chi connectivity index (χ3v) is 7.56. The lowest BCUT2D eigenvalue weighted by atomic mass is 9.93. The Hall–Kier alpha value is -3.60. The van der Waals surface area contributed by atoms with Gasteiger partial charge in [-0.15, -0.1) is 0 Å². The molecule has 0 radical (unpaired) electrons. The highest BCUT2D eigenvalue weighted by Gasteiger charge is 2.22. The van der Waals surface area contributed by atoms with Gasteiger partial charge < -0.3 is 14.1 Å². The Labute approximate surface area is 233 Å². The summed E-state index contributed by atoms with van der Waals surface area (Å²) in [7, 11) is 0. The van der Waals surface area contributed by atoms with Gasteiger partial charge in [0.15, 0.2) is 0 Å². The maximum absolute atomic E-state index is 12.8. The number of benzene rings is 3. The minimum atomic E-state index is -0.180. The molecular formula is C34H43N2O3+. The molecular weight excluding hydrogens is 484 g/mol. The number of carbonyl (C=O) groups is 1. The SMILES string of the molecule is CCCCCCC(=O)Oc1ccccc1-c1c2ccc(=[N+](CC)CC)cc-2oc2cc(N(CC)CC)ccc12. The summed E-state index contributed by atoms with van der Waals surface area (Å²) in [4.78, 5) is 15.1. The van der Waals surface area contributed by atoms with Gasteiger partial charge in [0.05, 0.1) is 6.07 Å². The Bertz CT molecular complexity index is 1440. The Kier molecular flexibility index (Phi) is 9.80. The number of anilines is 1. The van der Waals surface area contributed by atoms with Gasteiger partial charge in [0.2, 0.25) is 5.36 Å². The average Bonchev–Trinajstić information content (AvgIpc) is 2.95. The van der Waals surface area contributed by atoms with E-state index in [9.17, 15) is 4.79 Å². The number of esters is 1. The van der Waals surface area contributed by atoms with Crippen molar-refractivity contribution < 1.29 is 13.9 Å². The number of nitrogens with zero attached hydrogens (tertiary/aromatic N) is 2. The molecule has 206 valence electrons. The van der Waals surface area contributed by atoms with Gasteiger partial charge in [-0.25, -0.2) is 4.58 Å². The second kappa shape index (κ2) is 13.5. The van der Waals surface area contributed by atoms with E-state index < -0.39 is 0 Å². The topological polar surface area (TPSA) is 45.7 Å². The summed E-state index contributed by atoms with van der Waals surface area (Å²) in [5.41, 5.74) is 4.88. The van der Waals surface area contributed by atoms with Crippen molar-refractivity contribution >= 4 is 22.6 Å². The molecule has 0 saturated heterocycles. The van der Waals surface area contributed by atoms with Crippen molar-refractivity contribution in [3.05, 3.63) is 66.0 Å². The van der Waals surface area contributed by atoms with Crippen LogP contribution in [-0.4, -0.2) is 32.1 Å². The predicted octanol–water partition coefficient (Wildman–Crippen LogP) is 7.74. The standard InChI is InChI=1S/C34H43N2O3/c1-6-11-12-13-18-33(37)39-30-17-15-14-16-27(30)34-28-21-19-25(35(7-2)8-3)23-31(28)38-32-24-26(20-22-29(32)34)36(9-4)10-5/h14-17,19-24H,6-13,18H2,1-5H3/q+1. The third-order valence-electron chi connectivity index (χ3n) is 7.56. The quantitative estimate of drug-likeness (QED) is 0.0621. The van der Waals surface area contributed by atoms with E-state index in [0.29, 0.717) is 12.2 Å². The van der Waals surface area contributed by atoms with Crippen LogP contribution in [0.3, 0.4) is 0 Å². The fraction of sp³-hybridized carbons (Fsp3) is 0.412. The summed E-state index contributed by atoms with van der Waals surface area (Å²) in [6, 6.07) is 20.8. The van der Waals surface area contributed by atoms with Crippen molar-refractivity contribution in [1.29, 1.82) is 0 Å². The molecule has 2 aromatic rings. The molecule has 2 aliphatic rings. The van der Waals surface area contributed by atoms with Crippen molar-refractivity contribution in [2.45, 2.75) is 66.7 Å². The number of hydrogen-bond donors (Lipinski definition) is 0.